The van der Waals surface area contributed by atoms with Crippen LogP contribution in [0.4, 0.5) is 16.3 Å². The van der Waals surface area contributed by atoms with Crippen molar-refractivity contribution in [3.63, 3.8) is 0 Å². The first-order valence-electron chi connectivity index (χ1n) is 12.0. The summed E-state index contributed by atoms with van der Waals surface area (Å²) in [5, 5.41) is 5.25. The molecule has 3 amide bonds. The molecule has 2 N–H and O–H groups in total. The van der Waals surface area contributed by atoms with Crippen molar-refractivity contribution in [1.29, 1.82) is 0 Å². The van der Waals surface area contributed by atoms with Crippen molar-refractivity contribution in [3.05, 3.63) is 47.9 Å². The van der Waals surface area contributed by atoms with Gasteiger partial charge in [-0.1, -0.05) is 12.1 Å². The Morgan fingerprint density at radius 1 is 1.11 bits per heavy atom. The van der Waals surface area contributed by atoms with Crippen molar-refractivity contribution in [2.45, 2.75) is 58.6 Å². The van der Waals surface area contributed by atoms with Gasteiger partial charge in [0.1, 0.15) is 11.4 Å². The van der Waals surface area contributed by atoms with E-state index in [-0.39, 0.29) is 6.04 Å². The zero-order chi connectivity index (χ0) is 26.0. The molecular weight excluding hydrogens is 460 g/mol. The monoisotopic (exact) mass is 492 g/mol. The Labute approximate surface area is 210 Å². The van der Waals surface area contributed by atoms with Crippen LogP contribution in [0.15, 0.2) is 36.8 Å². The maximum absolute atomic E-state index is 13.3. The quantitative estimate of drug-likeness (QED) is 0.526. The molecule has 0 radical (unpaired) electrons. The number of nitrogens with one attached hydrogen (secondary N) is 2. The fourth-order valence-corrected chi connectivity index (χ4v) is 4.44. The van der Waals surface area contributed by atoms with Crippen molar-refractivity contribution < 1.29 is 19.1 Å². The number of ether oxygens (including phenoxy) is 1. The highest BCUT2D eigenvalue weighted by Crippen LogP contribution is 2.34. The second kappa shape index (κ2) is 9.96. The summed E-state index contributed by atoms with van der Waals surface area (Å²) >= 11 is 0. The molecule has 1 fully saturated rings. The second-order valence-corrected chi connectivity index (χ2v) is 10.1. The number of amides is 3. The molecule has 0 bridgehead atoms. The first kappa shape index (κ1) is 25.2. The summed E-state index contributed by atoms with van der Waals surface area (Å²) in [4.78, 5) is 48.6. The Morgan fingerprint density at radius 2 is 1.89 bits per heavy atom. The molecule has 10 heteroatoms. The van der Waals surface area contributed by atoms with Gasteiger partial charge in [0.25, 0.3) is 0 Å². The second-order valence-electron chi connectivity index (χ2n) is 10.1. The van der Waals surface area contributed by atoms with E-state index in [0.29, 0.717) is 23.6 Å². The van der Waals surface area contributed by atoms with Crippen LogP contribution in [0.3, 0.4) is 0 Å². The summed E-state index contributed by atoms with van der Waals surface area (Å²) in [7, 11) is 1.93. The number of rotatable bonds is 3. The van der Waals surface area contributed by atoms with Crippen molar-refractivity contribution in [2.75, 3.05) is 17.2 Å². The van der Waals surface area contributed by atoms with Crippen molar-refractivity contribution in [3.8, 4) is 0 Å². The van der Waals surface area contributed by atoms with Crippen LogP contribution >= 0.6 is 0 Å². The normalized spacial score (nSPS) is 16.0. The summed E-state index contributed by atoms with van der Waals surface area (Å²) in [6.45, 7) is 7.55. The van der Waals surface area contributed by atoms with Gasteiger partial charge in [-0.05, 0) is 64.7 Å². The Hall–Kier alpha value is -3.95. The lowest BCUT2D eigenvalue weighted by Crippen LogP contribution is -2.44. The predicted octanol–water partition coefficient (Wildman–Crippen LogP) is 4.32. The van der Waals surface area contributed by atoms with E-state index in [9.17, 15) is 14.4 Å². The average molecular weight is 493 g/mol. The Kier molecular flexibility index (Phi) is 6.96. The number of imidazole rings is 1. The molecule has 1 aliphatic rings. The van der Waals surface area contributed by atoms with Gasteiger partial charge in [0.15, 0.2) is 0 Å². The number of pyridine rings is 1. The number of nitrogens with zero attached hydrogens (tertiary/aromatic N) is 4. The summed E-state index contributed by atoms with van der Waals surface area (Å²) in [5.74, 6) is -1.02. The fraction of sp³-hybridized carbons (Fsp3) is 0.423. The van der Waals surface area contributed by atoms with Gasteiger partial charge in [-0.15, -0.1) is 0 Å². The molecule has 0 spiro atoms. The number of para-hydroxylation sites is 1. The molecule has 1 atom stereocenters. The van der Waals surface area contributed by atoms with E-state index in [1.54, 1.807) is 45.0 Å². The number of benzene rings is 1. The Morgan fingerprint density at radius 3 is 2.61 bits per heavy atom. The summed E-state index contributed by atoms with van der Waals surface area (Å²) < 4.78 is 7.19. The molecule has 1 unspecified atom stereocenters. The van der Waals surface area contributed by atoms with Crippen LogP contribution in [0.5, 0.6) is 0 Å². The largest absolute Gasteiger partial charge is 0.444 e. The zero-order valence-electron chi connectivity index (χ0n) is 21.3. The summed E-state index contributed by atoms with van der Waals surface area (Å²) in [6.07, 6.45) is 5.10. The molecular formula is C26H32N6O4. The Bertz CT molecular complexity index is 1310. The van der Waals surface area contributed by atoms with Crippen LogP contribution in [-0.4, -0.2) is 49.5 Å². The van der Waals surface area contributed by atoms with E-state index in [2.05, 4.69) is 20.6 Å². The van der Waals surface area contributed by atoms with Crippen LogP contribution in [-0.2, 0) is 21.4 Å². The minimum absolute atomic E-state index is 0.226. The van der Waals surface area contributed by atoms with E-state index in [0.717, 1.165) is 35.9 Å². The molecule has 36 heavy (non-hydrogen) atoms. The highest BCUT2D eigenvalue weighted by atomic mass is 16.6. The SMILES string of the molecule is Cc1cc(NC(=O)C(=O)N2CCCCC2c2cccc3c2ncn3C)cnc1NC(=O)OC(C)(C)C. The number of piperidine rings is 1. The van der Waals surface area contributed by atoms with Crippen molar-refractivity contribution in [2.24, 2.45) is 7.05 Å². The molecule has 4 rings (SSSR count). The molecule has 1 aromatic carbocycles. The topological polar surface area (TPSA) is 118 Å². The van der Waals surface area contributed by atoms with E-state index in [4.69, 9.17) is 4.74 Å². The number of aryl methyl sites for hydroxylation is 2. The van der Waals surface area contributed by atoms with Crippen molar-refractivity contribution >= 4 is 40.4 Å². The molecule has 3 aromatic rings. The molecule has 1 saturated heterocycles. The van der Waals surface area contributed by atoms with E-state index in [1.165, 1.54) is 6.20 Å². The third kappa shape index (κ3) is 5.48. The van der Waals surface area contributed by atoms with Gasteiger partial charge in [-0.2, -0.15) is 0 Å². The third-order valence-electron chi connectivity index (χ3n) is 6.06. The number of fused-ring (bicyclic) bond motifs is 1. The smallest absolute Gasteiger partial charge is 0.413 e. The lowest BCUT2D eigenvalue weighted by Gasteiger charge is -2.35. The maximum atomic E-state index is 13.3. The highest BCUT2D eigenvalue weighted by Gasteiger charge is 2.33. The van der Waals surface area contributed by atoms with Crippen LogP contribution in [0.2, 0.25) is 0 Å². The minimum Gasteiger partial charge on any atom is -0.444 e. The van der Waals surface area contributed by atoms with E-state index >= 15 is 0 Å². The zero-order valence-corrected chi connectivity index (χ0v) is 21.3. The van der Waals surface area contributed by atoms with E-state index in [1.807, 2.05) is 29.8 Å². The molecule has 2 aromatic heterocycles. The van der Waals surface area contributed by atoms with Gasteiger partial charge in [0.05, 0.1) is 35.3 Å². The van der Waals surface area contributed by atoms with Crippen LogP contribution < -0.4 is 10.6 Å². The molecule has 0 saturated carbocycles. The lowest BCUT2D eigenvalue weighted by atomic mass is 9.94. The van der Waals surface area contributed by atoms with Gasteiger partial charge in [-0.25, -0.2) is 14.8 Å². The molecule has 0 aliphatic carbocycles. The standard InChI is InChI=1S/C26H32N6O4/c1-16-13-17(14-27-22(16)30-25(35)36-26(2,3)4)29-23(33)24(34)32-12-7-6-10-19(32)18-9-8-11-20-21(18)28-15-31(20)5/h8-9,11,13-15,19H,6-7,10,12H2,1-5H3,(H,29,33)(H,27,30,35). The first-order chi connectivity index (χ1) is 17.0. The molecule has 3 heterocycles. The predicted molar refractivity (Wildman–Crippen MR) is 136 cm³/mol. The van der Waals surface area contributed by atoms with Crippen LogP contribution in [0.1, 0.15) is 57.2 Å². The first-order valence-corrected chi connectivity index (χ1v) is 12.0. The van der Waals surface area contributed by atoms with Gasteiger partial charge in [-0.3, -0.25) is 14.9 Å². The number of likely N-dealkylation sites (tertiary alicyclic amines) is 1. The Balaban J connectivity index is 1.48. The van der Waals surface area contributed by atoms with Crippen LogP contribution in [0.25, 0.3) is 11.0 Å². The summed E-state index contributed by atoms with van der Waals surface area (Å²) in [5.41, 5.74) is 3.11. The minimum atomic E-state index is -0.732. The van der Waals surface area contributed by atoms with Gasteiger partial charge < -0.3 is 19.5 Å². The lowest BCUT2D eigenvalue weighted by molar-refractivity contribution is -0.145. The van der Waals surface area contributed by atoms with Gasteiger partial charge >= 0.3 is 17.9 Å². The number of hydrogen-bond acceptors (Lipinski definition) is 6. The average Bonchev–Trinajstić information content (AvgIpc) is 3.20. The van der Waals surface area contributed by atoms with Crippen molar-refractivity contribution in [1.82, 2.24) is 19.4 Å². The van der Waals surface area contributed by atoms with Crippen LogP contribution in [0, 0.1) is 6.92 Å². The highest BCUT2D eigenvalue weighted by molar-refractivity contribution is 6.39. The number of carbonyl (C=O) groups excluding carboxylic acids is 3. The summed E-state index contributed by atoms with van der Waals surface area (Å²) in [6, 6.07) is 7.35. The van der Waals surface area contributed by atoms with E-state index < -0.39 is 23.5 Å². The third-order valence-corrected chi connectivity index (χ3v) is 6.06. The number of anilines is 2. The molecule has 190 valence electrons. The number of aromatic nitrogens is 3. The number of hydrogen-bond donors (Lipinski definition) is 2. The van der Waals surface area contributed by atoms with Gasteiger partial charge in [0, 0.05) is 19.2 Å². The molecule has 1 aliphatic heterocycles. The molecule has 10 nitrogen and oxygen atoms in total. The number of carbonyl (C=O) groups is 3. The van der Waals surface area contributed by atoms with Gasteiger partial charge in [0.2, 0.25) is 0 Å². The fourth-order valence-electron chi connectivity index (χ4n) is 4.44. The maximum Gasteiger partial charge on any atom is 0.413 e.